The highest BCUT2D eigenvalue weighted by molar-refractivity contribution is 7.88. The fourth-order valence-electron chi connectivity index (χ4n) is 3.51. The number of halogens is 1. The molecular formula is C20H17ClN4O5S. The van der Waals surface area contributed by atoms with Crippen molar-refractivity contribution in [1.82, 2.24) is 9.40 Å². The fourth-order valence-corrected chi connectivity index (χ4v) is 4.68. The Balaban J connectivity index is 1.80. The van der Waals surface area contributed by atoms with Crippen LogP contribution in [0, 0.1) is 10.1 Å². The molecule has 0 bridgehead atoms. The third-order valence-corrected chi connectivity index (χ3v) is 6.28. The molecule has 11 heteroatoms. The number of ether oxygens (including phenoxy) is 1. The minimum atomic E-state index is -3.75. The number of nitrogens with zero attached hydrogens (tertiary/aromatic N) is 4. The molecule has 2 aromatic carbocycles. The number of hydrazone groups is 1. The largest absolute Gasteiger partial charge is 0.497 e. The first-order valence-electron chi connectivity index (χ1n) is 9.13. The van der Waals surface area contributed by atoms with Gasteiger partial charge in [0.1, 0.15) is 10.9 Å². The molecule has 31 heavy (non-hydrogen) atoms. The van der Waals surface area contributed by atoms with Gasteiger partial charge in [-0.25, -0.2) is 13.4 Å². The second-order valence-electron chi connectivity index (χ2n) is 7.04. The summed E-state index contributed by atoms with van der Waals surface area (Å²) in [7, 11) is -2.20. The van der Waals surface area contributed by atoms with Gasteiger partial charge in [0.2, 0.25) is 10.0 Å². The highest BCUT2D eigenvalue weighted by Gasteiger charge is 2.36. The van der Waals surface area contributed by atoms with E-state index in [1.165, 1.54) is 18.2 Å². The van der Waals surface area contributed by atoms with E-state index in [0.717, 1.165) is 16.1 Å². The van der Waals surface area contributed by atoms with Crippen LogP contribution in [-0.2, 0) is 10.0 Å². The van der Waals surface area contributed by atoms with Gasteiger partial charge in [-0.05, 0) is 24.3 Å². The van der Waals surface area contributed by atoms with Crippen molar-refractivity contribution in [2.45, 2.75) is 12.5 Å². The van der Waals surface area contributed by atoms with Crippen molar-refractivity contribution in [1.29, 1.82) is 0 Å². The Labute approximate surface area is 183 Å². The average molecular weight is 461 g/mol. The molecule has 1 atom stereocenters. The summed E-state index contributed by atoms with van der Waals surface area (Å²) in [6.07, 6.45) is 1.23. The molecule has 0 radical (unpaired) electrons. The molecule has 0 spiro atoms. The Bertz CT molecular complexity index is 1340. The quantitative estimate of drug-likeness (QED) is 0.324. The maximum absolute atomic E-state index is 12.5. The predicted molar refractivity (Wildman–Crippen MR) is 117 cm³/mol. The van der Waals surface area contributed by atoms with Gasteiger partial charge in [0.05, 0.1) is 35.6 Å². The molecule has 4 rings (SSSR count). The fraction of sp³-hybridized carbons (Fsp3) is 0.200. The Morgan fingerprint density at radius 3 is 2.68 bits per heavy atom. The first-order chi connectivity index (χ1) is 14.7. The van der Waals surface area contributed by atoms with Crippen molar-refractivity contribution in [3.8, 4) is 5.75 Å². The van der Waals surface area contributed by atoms with Gasteiger partial charge in [0.15, 0.2) is 0 Å². The average Bonchev–Trinajstić information content (AvgIpc) is 3.19. The summed E-state index contributed by atoms with van der Waals surface area (Å²) in [4.78, 5) is 15.0. The number of nitro benzene ring substituents is 1. The van der Waals surface area contributed by atoms with Crippen molar-refractivity contribution in [2.24, 2.45) is 5.10 Å². The maximum atomic E-state index is 12.5. The zero-order valence-electron chi connectivity index (χ0n) is 16.5. The van der Waals surface area contributed by atoms with Crippen LogP contribution in [0.25, 0.3) is 10.9 Å². The molecule has 0 fully saturated rings. The molecule has 3 aromatic rings. The molecule has 1 aliphatic rings. The van der Waals surface area contributed by atoms with Crippen molar-refractivity contribution >= 4 is 43.9 Å². The summed E-state index contributed by atoms with van der Waals surface area (Å²) in [6, 6.07) is 12.2. The van der Waals surface area contributed by atoms with Crippen LogP contribution in [0.1, 0.15) is 23.6 Å². The van der Waals surface area contributed by atoms with Crippen LogP contribution in [-0.4, -0.2) is 41.8 Å². The number of pyridine rings is 1. The van der Waals surface area contributed by atoms with E-state index in [1.807, 2.05) is 0 Å². The number of fused-ring (bicyclic) bond motifs is 1. The van der Waals surface area contributed by atoms with E-state index in [2.05, 4.69) is 10.1 Å². The number of non-ortho nitro benzene ring substituents is 1. The Hall–Kier alpha value is -3.24. The number of sulfonamides is 1. The van der Waals surface area contributed by atoms with Crippen LogP contribution in [0.4, 0.5) is 5.69 Å². The number of methoxy groups -OCH3 is 1. The van der Waals surface area contributed by atoms with Crippen molar-refractivity contribution in [2.75, 3.05) is 13.4 Å². The Kier molecular flexibility index (Phi) is 5.28. The van der Waals surface area contributed by atoms with Crippen LogP contribution in [0.15, 0.2) is 53.6 Å². The van der Waals surface area contributed by atoms with E-state index in [4.69, 9.17) is 16.3 Å². The summed E-state index contributed by atoms with van der Waals surface area (Å²) < 4.78 is 31.2. The van der Waals surface area contributed by atoms with Crippen molar-refractivity contribution in [3.63, 3.8) is 0 Å². The molecule has 1 unspecified atom stereocenters. The van der Waals surface area contributed by atoms with E-state index in [9.17, 15) is 18.5 Å². The normalized spacial score (nSPS) is 16.4. The number of hydrogen-bond donors (Lipinski definition) is 0. The molecule has 0 N–H and O–H groups in total. The molecule has 0 saturated carbocycles. The lowest BCUT2D eigenvalue weighted by molar-refractivity contribution is -0.384. The topological polar surface area (TPSA) is 115 Å². The monoisotopic (exact) mass is 460 g/mol. The van der Waals surface area contributed by atoms with Crippen LogP contribution < -0.4 is 4.74 Å². The minimum Gasteiger partial charge on any atom is -0.497 e. The van der Waals surface area contributed by atoms with E-state index < -0.39 is 21.0 Å². The summed E-state index contributed by atoms with van der Waals surface area (Å²) >= 11 is 6.43. The molecule has 0 amide bonds. The smallest absolute Gasteiger partial charge is 0.270 e. The van der Waals surface area contributed by atoms with Crippen LogP contribution >= 0.6 is 11.6 Å². The number of nitro groups is 1. The first kappa shape index (κ1) is 21.0. The standard InChI is InChI=1S/C20H17ClN4O5S/c1-30-15-6-7-17-13(9-15)10-16(20(21)22-17)19-11-18(23-24(19)31(2,28)29)12-4-3-5-14(8-12)25(26)27/h3-10,19H,11H2,1-2H3. The summed E-state index contributed by atoms with van der Waals surface area (Å²) in [6.45, 7) is 0. The van der Waals surface area contributed by atoms with E-state index in [-0.39, 0.29) is 17.3 Å². The molecule has 1 aliphatic heterocycles. The number of benzene rings is 2. The second-order valence-corrected chi connectivity index (χ2v) is 9.23. The van der Waals surface area contributed by atoms with Gasteiger partial charge in [0, 0.05) is 35.1 Å². The third kappa shape index (κ3) is 4.04. The minimum absolute atomic E-state index is 0.105. The van der Waals surface area contributed by atoms with E-state index in [0.29, 0.717) is 28.1 Å². The van der Waals surface area contributed by atoms with Gasteiger partial charge in [-0.3, -0.25) is 10.1 Å². The van der Waals surface area contributed by atoms with Crippen molar-refractivity contribution in [3.05, 3.63) is 74.9 Å². The highest BCUT2D eigenvalue weighted by atomic mass is 35.5. The van der Waals surface area contributed by atoms with Gasteiger partial charge >= 0.3 is 0 Å². The lowest BCUT2D eigenvalue weighted by Crippen LogP contribution is -2.26. The van der Waals surface area contributed by atoms with E-state index in [1.54, 1.807) is 37.4 Å². The van der Waals surface area contributed by atoms with Crippen LogP contribution in [0.2, 0.25) is 5.15 Å². The SMILES string of the molecule is COc1ccc2nc(Cl)c(C3CC(c4cccc([N+](=O)[O-])c4)=NN3S(C)(=O)=O)cc2c1. The predicted octanol–water partition coefficient (Wildman–Crippen LogP) is 3.92. The Morgan fingerprint density at radius 2 is 2.00 bits per heavy atom. The molecule has 0 saturated heterocycles. The second kappa shape index (κ2) is 7.78. The maximum Gasteiger partial charge on any atom is 0.270 e. The lowest BCUT2D eigenvalue weighted by atomic mass is 9.99. The highest BCUT2D eigenvalue weighted by Crippen LogP contribution is 2.39. The summed E-state index contributed by atoms with van der Waals surface area (Å²) in [5.41, 5.74) is 1.89. The zero-order valence-corrected chi connectivity index (χ0v) is 18.1. The van der Waals surface area contributed by atoms with E-state index >= 15 is 0 Å². The number of aromatic nitrogens is 1. The molecule has 2 heterocycles. The Morgan fingerprint density at radius 1 is 1.23 bits per heavy atom. The molecule has 0 aliphatic carbocycles. The lowest BCUT2D eigenvalue weighted by Gasteiger charge is -2.22. The van der Waals surface area contributed by atoms with Gasteiger partial charge in [-0.1, -0.05) is 23.7 Å². The third-order valence-electron chi connectivity index (χ3n) is 4.96. The molecule has 160 valence electrons. The van der Waals surface area contributed by atoms with Gasteiger partial charge in [-0.2, -0.15) is 9.52 Å². The van der Waals surface area contributed by atoms with Crippen LogP contribution in [0.5, 0.6) is 5.75 Å². The summed E-state index contributed by atoms with van der Waals surface area (Å²) in [5, 5.41) is 16.3. The van der Waals surface area contributed by atoms with Crippen LogP contribution in [0.3, 0.4) is 0 Å². The molecule has 1 aromatic heterocycles. The van der Waals surface area contributed by atoms with Gasteiger partial charge in [0.25, 0.3) is 5.69 Å². The number of hydrogen-bond acceptors (Lipinski definition) is 7. The van der Waals surface area contributed by atoms with Crippen molar-refractivity contribution < 1.29 is 18.1 Å². The first-order valence-corrected chi connectivity index (χ1v) is 11.4. The van der Waals surface area contributed by atoms with Gasteiger partial charge in [-0.15, -0.1) is 0 Å². The van der Waals surface area contributed by atoms with Gasteiger partial charge < -0.3 is 4.74 Å². The molecular weight excluding hydrogens is 444 g/mol. The number of rotatable bonds is 5. The summed E-state index contributed by atoms with van der Waals surface area (Å²) in [5.74, 6) is 0.627. The zero-order chi connectivity index (χ0) is 22.3. The molecule has 9 nitrogen and oxygen atoms in total.